The average molecular weight is 302 g/mol. The SMILES string of the molecule is CNC1C(=O)N(CC2=CC=CC2(C)C)C2CCCC2CC1C. The van der Waals surface area contributed by atoms with Crippen LogP contribution in [0.4, 0.5) is 0 Å². The van der Waals surface area contributed by atoms with Crippen LogP contribution in [0.5, 0.6) is 0 Å². The van der Waals surface area contributed by atoms with Crippen LogP contribution in [0.1, 0.15) is 46.5 Å². The van der Waals surface area contributed by atoms with E-state index in [1.165, 1.54) is 31.3 Å². The van der Waals surface area contributed by atoms with Crippen LogP contribution in [-0.2, 0) is 4.79 Å². The zero-order valence-electron chi connectivity index (χ0n) is 14.4. The lowest BCUT2D eigenvalue weighted by Crippen LogP contribution is -2.50. The van der Waals surface area contributed by atoms with E-state index >= 15 is 0 Å². The third kappa shape index (κ3) is 2.64. The molecule has 0 aromatic heterocycles. The molecule has 3 heteroatoms. The van der Waals surface area contributed by atoms with Gasteiger partial charge in [0.05, 0.1) is 6.04 Å². The van der Waals surface area contributed by atoms with Crippen molar-refractivity contribution in [3.8, 4) is 0 Å². The Morgan fingerprint density at radius 3 is 2.77 bits per heavy atom. The maximum atomic E-state index is 13.1. The van der Waals surface area contributed by atoms with Gasteiger partial charge in [0, 0.05) is 18.0 Å². The Bertz CT molecular complexity index is 506. The maximum absolute atomic E-state index is 13.1. The highest BCUT2D eigenvalue weighted by molar-refractivity contribution is 5.83. The van der Waals surface area contributed by atoms with Crippen LogP contribution >= 0.6 is 0 Å². The number of fused-ring (bicyclic) bond motifs is 1. The van der Waals surface area contributed by atoms with E-state index in [2.05, 4.69) is 49.2 Å². The van der Waals surface area contributed by atoms with Crippen molar-refractivity contribution in [3.05, 3.63) is 23.8 Å². The standard InChI is InChI=1S/C19H30N2O/c1-13-11-14-7-5-9-16(14)21(18(22)17(13)20-4)12-15-8-6-10-19(15,2)3/h6,8,10,13-14,16-17,20H,5,7,9,11-12H2,1-4H3. The van der Waals surface area contributed by atoms with Crippen LogP contribution < -0.4 is 5.32 Å². The van der Waals surface area contributed by atoms with Crippen LogP contribution in [0.2, 0.25) is 0 Å². The van der Waals surface area contributed by atoms with Gasteiger partial charge in [0.2, 0.25) is 5.91 Å². The van der Waals surface area contributed by atoms with E-state index in [1.807, 2.05) is 7.05 Å². The Morgan fingerprint density at radius 2 is 2.14 bits per heavy atom. The van der Waals surface area contributed by atoms with E-state index in [9.17, 15) is 4.79 Å². The summed E-state index contributed by atoms with van der Waals surface area (Å²) in [5, 5.41) is 3.28. The highest BCUT2D eigenvalue weighted by Crippen LogP contribution is 2.41. The second-order valence-electron chi connectivity index (χ2n) is 7.98. The number of carbonyl (C=O) groups is 1. The van der Waals surface area contributed by atoms with E-state index < -0.39 is 0 Å². The molecular weight excluding hydrogens is 272 g/mol. The predicted octanol–water partition coefficient (Wildman–Crippen LogP) is 3.13. The molecule has 1 heterocycles. The first kappa shape index (κ1) is 15.8. The number of allylic oxidation sites excluding steroid dienone is 3. The van der Waals surface area contributed by atoms with Gasteiger partial charge in [-0.1, -0.05) is 45.4 Å². The summed E-state index contributed by atoms with van der Waals surface area (Å²) >= 11 is 0. The molecular formula is C19H30N2O. The molecule has 0 radical (unpaired) electrons. The molecule has 2 fully saturated rings. The molecule has 4 atom stereocenters. The van der Waals surface area contributed by atoms with E-state index in [1.54, 1.807) is 0 Å². The first-order valence-electron chi connectivity index (χ1n) is 8.80. The lowest BCUT2D eigenvalue weighted by atomic mass is 9.86. The summed E-state index contributed by atoms with van der Waals surface area (Å²) in [6.45, 7) is 7.52. The zero-order valence-corrected chi connectivity index (χ0v) is 14.4. The van der Waals surface area contributed by atoms with Gasteiger partial charge in [-0.15, -0.1) is 0 Å². The second kappa shape index (κ2) is 5.84. The molecule has 122 valence electrons. The van der Waals surface area contributed by atoms with Gasteiger partial charge < -0.3 is 10.2 Å². The molecule has 22 heavy (non-hydrogen) atoms. The van der Waals surface area contributed by atoms with Crippen molar-refractivity contribution in [2.75, 3.05) is 13.6 Å². The summed E-state index contributed by atoms with van der Waals surface area (Å²) in [6.07, 6.45) is 11.5. The molecule has 1 aliphatic heterocycles. The molecule has 3 rings (SSSR count). The van der Waals surface area contributed by atoms with Gasteiger partial charge in [-0.2, -0.15) is 0 Å². The number of nitrogens with zero attached hydrogens (tertiary/aromatic N) is 1. The largest absolute Gasteiger partial charge is 0.334 e. The number of rotatable bonds is 3. The molecule has 1 amide bonds. The highest BCUT2D eigenvalue weighted by atomic mass is 16.2. The van der Waals surface area contributed by atoms with Gasteiger partial charge in [-0.25, -0.2) is 0 Å². The minimum absolute atomic E-state index is 0.0244. The summed E-state index contributed by atoms with van der Waals surface area (Å²) in [7, 11) is 1.93. The summed E-state index contributed by atoms with van der Waals surface area (Å²) in [5.41, 5.74) is 1.46. The van der Waals surface area contributed by atoms with E-state index in [-0.39, 0.29) is 11.5 Å². The molecule has 3 nitrogen and oxygen atoms in total. The molecule has 1 saturated heterocycles. The van der Waals surface area contributed by atoms with Crippen molar-refractivity contribution >= 4 is 5.91 Å². The van der Waals surface area contributed by atoms with E-state index in [0.29, 0.717) is 23.8 Å². The summed E-state index contributed by atoms with van der Waals surface area (Å²) < 4.78 is 0. The first-order chi connectivity index (χ1) is 10.4. The van der Waals surface area contributed by atoms with Gasteiger partial charge in [-0.3, -0.25) is 4.79 Å². The lowest BCUT2D eigenvalue weighted by molar-refractivity contribution is -0.135. The third-order valence-electron chi connectivity index (χ3n) is 6.10. The van der Waals surface area contributed by atoms with Gasteiger partial charge in [0.25, 0.3) is 0 Å². The third-order valence-corrected chi connectivity index (χ3v) is 6.10. The summed E-state index contributed by atoms with van der Waals surface area (Å²) in [6, 6.07) is 0.425. The van der Waals surface area contributed by atoms with Crippen LogP contribution in [-0.4, -0.2) is 36.5 Å². The topological polar surface area (TPSA) is 32.3 Å². The number of carbonyl (C=O) groups excluding carboxylic acids is 1. The lowest BCUT2D eigenvalue weighted by Gasteiger charge is -2.35. The van der Waals surface area contributed by atoms with Gasteiger partial charge in [0.15, 0.2) is 0 Å². The molecule has 0 aromatic carbocycles. The molecule has 4 unspecified atom stereocenters. The van der Waals surface area contributed by atoms with Crippen molar-refractivity contribution in [2.24, 2.45) is 17.3 Å². The summed E-state index contributed by atoms with van der Waals surface area (Å²) in [5.74, 6) is 1.43. The Balaban J connectivity index is 1.87. The second-order valence-corrected chi connectivity index (χ2v) is 7.98. The average Bonchev–Trinajstić information content (AvgIpc) is 3.00. The van der Waals surface area contributed by atoms with Crippen molar-refractivity contribution in [1.29, 1.82) is 0 Å². The van der Waals surface area contributed by atoms with Crippen LogP contribution in [0.3, 0.4) is 0 Å². The molecule has 0 aromatic rings. The zero-order chi connectivity index (χ0) is 15.9. The van der Waals surface area contributed by atoms with E-state index in [0.717, 1.165) is 6.54 Å². The number of likely N-dealkylation sites (tertiary alicyclic amines) is 1. The smallest absolute Gasteiger partial charge is 0.240 e. The van der Waals surface area contributed by atoms with Crippen molar-refractivity contribution in [3.63, 3.8) is 0 Å². The Kier molecular flexibility index (Phi) is 4.19. The number of hydrogen-bond donors (Lipinski definition) is 1. The molecule has 0 spiro atoms. The normalized spacial score (nSPS) is 37.2. The van der Waals surface area contributed by atoms with Crippen LogP contribution in [0.25, 0.3) is 0 Å². The fourth-order valence-corrected chi connectivity index (χ4v) is 4.67. The molecule has 1 saturated carbocycles. The van der Waals surface area contributed by atoms with Gasteiger partial charge >= 0.3 is 0 Å². The first-order valence-corrected chi connectivity index (χ1v) is 8.80. The molecule has 1 N–H and O–H groups in total. The number of hydrogen-bond acceptors (Lipinski definition) is 2. The number of likely N-dealkylation sites (N-methyl/N-ethyl adjacent to an activating group) is 1. The van der Waals surface area contributed by atoms with Crippen LogP contribution in [0.15, 0.2) is 23.8 Å². The van der Waals surface area contributed by atoms with Gasteiger partial charge in [0.1, 0.15) is 0 Å². The minimum atomic E-state index is -0.0244. The summed E-state index contributed by atoms with van der Waals surface area (Å²) in [4.78, 5) is 15.4. The fourth-order valence-electron chi connectivity index (χ4n) is 4.67. The number of amides is 1. The fraction of sp³-hybridized carbons (Fsp3) is 0.737. The Labute approximate surface area is 134 Å². The highest BCUT2D eigenvalue weighted by Gasteiger charge is 2.43. The monoisotopic (exact) mass is 302 g/mol. The van der Waals surface area contributed by atoms with Crippen molar-refractivity contribution < 1.29 is 4.79 Å². The minimum Gasteiger partial charge on any atom is -0.334 e. The number of nitrogens with one attached hydrogen (secondary N) is 1. The Hall–Kier alpha value is -1.09. The molecule has 0 bridgehead atoms. The van der Waals surface area contributed by atoms with E-state index in [4.69, 9.17) is 0 Å². The Morgan fingerprint density at radius 1 is 1.36 bits per heavy atom. The molecule has 3 aliphatic rings. The van der Waals surface area contributed by atoms with Gasteiger partial charge in [-0.05, 0) is 43.7 Å². The quantitative estimate of drug-likeness (QED) is 0.868. The van der Waals surface area contributed by atoms with Crippen LogP contribution in [0, 0.1) is 17.3 Å². The molecule has 2 aliphatic carbocycles. The van der Waals surface area contributed by atoms with Crippen molar-refractivity contribution in [2.45, 2.75) is 58.5 Å². The maximum Gasteiger partial charge on any atom is 0.240 e. The van der Waals surface area contributed by atoms with Crippen molar-refractivity contribution in [1.82, 2.24) is 10.2 Å². The predicted molar refractivity (Wildman–Crippen MR) is 90.5 cm³/mol.